The molecule has 0 heterocycles. The first kappa shape index (κ1) is 66.3. The van der Waals surface area contributed by atoms with E-state index in [9.17, 15) is 19.8 Å². The molecule has 0 aliphatic rings. The zero-order valence-electron chi connectivity index (χ0n) is 45.7. The summed E-state index contributed by atoms with van der Waals surface area (Å²) in [6.07, 6.45) is 72.5. The van der Waals surface area contributed by atoms with Crippen molar-refractivity contribution in [3.8, 4) is 0 Å². The van der Waals surface area contributed by atoms with Crippen LogP contribution in [0.3, 0.4) is 0 Å². The summed E-state index contributed by atoms with van der Waals surface area (Å²) in [5.74, 6) is -0.511. The van der Waals surface area contributed by atoms with Crippen LogP contribution in [-0.2, 0) is 14.3 Å². The molecular formula is C63H113NO5. The molecule has 69 heavy (non-hydrogen) atoms. The van der Waals surface area contributed by atoms with E-state index in [1.165, 1.54) is 167 Å². The lowest BCUT2D eigenvalue weighted by Gasteiger charge is -2.24. The van der Waals surface area contributed by atoms with Crippen LogP contribution in [0.2, 0.25) is 0 Å². The average molecular weight is 965 g/mol. The summed E-state index contributed by atoms with van der Waals surface area (Å²) in [5.41, 5.74) is 0. The van der Waals surface area contributed by atoms with Crippen LogP contribution < -0.4 is 5.32 Å². The molecule has 400 valence electrons. The second-order valence-corrected chi connectivity index (χ2v) is 20.1. The Kier molecular flexibility index (Phi) is 54.0. The minimum atomic E-state index is -0.803. The van der Waals surface area contributed by atoms with Gasteiger partial charge in [0.1, 0.15) is 6.10 Å². The Labute approximate surface area is 428 Å². The van der Waals surface area contributed by atoms with Crippen molar-refractivity contribution in [3.05, 3.63) is 72.9 Å². The second kappa shape index (κ2) is 56.2. The SMILES string of the molecule is CCCCC/C=C\C/C=C\CCCCCCCCCCCC(=O)OC(CCCCC/C=C/C=C/C=C/C=C/CCCCC)CC(=O)NC(CO)C(O)CCCCCCCCCCCCCCCCC. The molecule has 3 N–H and O–H groups in total. The fourth-order valence-corrected chi connectivity index (χ4v) is 8.83. The third-order valence-electron chi connectivity index (χ3n) is 13.4. The maximum Gasteiger partial charge on any atom is 0.306 e. The Morgan fingerprint density at radius 1 is 0.435 bits per heavy atom. The quantitative estimate of drug-likeness (QED) is 0.0244. The first-order valence-corrected chi connectivity index (χ1v) is 29.7. The highest BCUT2D eigenvalue weighted by atomic mass is 16.5. The molecule has 0 radical (unpaired) electrons. The molecular weight excluding hydrogens is 851 g/mol. The number of aliphatic hydroxyl groups is 2. The monoisotopic (exact) mass is 964 g/mol. The van der Waals surface area contributed by atoms with Gasteiger partial charge in [-0.3, -0.25) is 9.59 Å². The van der Waals surface area contributed by atoms with Gasteiger partial charge in [-0.05, 0) is 83.5 Å². The number of carbonyl (C=O) groups is 2. The Morgan fingerprint density at radius 2 is 0.797 bits per heavy atom. The Morgan fingerprint density at radius 3 is 1.28 bits per heavy atom. The van der Waals surface area contributed by atoms with Gasteiger partial charge in [-0.15, -0.1) is 0 Å². The summed E-state index contributed by atoms with van der Waals surface area (Å²) >= 11 is 0. The number of ether oxygens (including phenoxy) is 1. The van der Waals surface area contributed by atoms with Gasteiger partial charge in [-0.1, -0.05) is 267 Å². The van der Waals surface area contributed by atoms with Crippen LogP contribution in [0.4, 0.5) is 0 Å². The smallest absolute Gasteiger partial charge is 0.306 e. The van der Waals surface area contributed by atoms with E-state index < -0.39 is 18.2 Å². The summed E-state index contributed by atoms with van der Waals surface area (Å²) < 4.78 is 5.95. The van der Waals surface area contributed by atoms with Gasteiger partial charge in [-0.25, -0.2) is 0 Å². The molecule has 3 unspecified atom stereocenters. The zero-order valence-corrected chi connectivity index (χ0v) is 45.7. The molecule has 0 spiro atoms. The van der Waals surface area contributed by atoms with E-state index in [0.717, 1.165) is 77.0 Å². The summed E-state index contributed by atoms with van der Waals surface area (Å²) in [5, 5.41) is 23.9. The molecule has 0 bridgehead atoms. The molecule has 0 saturated carbocycles. The topological polar surface area (TPSA) is 95.9 Å². The van der Waals surface area contributed by atoms with Crippen molar-refractivity contribution < 1.29 is 24.5 Å². The Hall–Kier alpha value is -2.70. The number of hydrogen-bond acceptors (Lipinski definition) is 5. The van der Waals surface area contributed by atoms with Crippen molar-refractivity contribution >= 4 is 11.9 Å². The third kappa shape index (κ3) is 51.5. The van der Waals surface area contributed by atoms with E-state index in [0.29, 0.717) is 19.3 Å². The van der Waals surface area contributed by atoms with Crippen LogP contribution in [0, 0.1) is 0 Å². The van der Waals surface area contributed by atoms with Crippen LogP contribution in [0.1, 0.15) is 290 Å². The normalized spacial score (nSPS) is 13.6. The number of allylic oxidation sites excluding steroid dienone is 12. The van der Waals surface area contributed by atoms with E-state index in [-0.39, 0.29) is 24.9 Å². The van der Waals surface area contributed by atoms with Crippen molar-refractivity contribution in [2.75, 3.05) is 6.61 Å². The van der Waals surface area contributed by atoms with Crippen molar-refractivity contribution in [3.63, 3.8) is 0 Å². The molecule has 0 aliphatic heterocycles. The van der Waals surface area contributed by atoms with Gasteiger partial charge in [0.25, 0.3) is 0 Å². The summed E-state index contributed by atoms with van der Waals surface area (Å²) in [6, 6.07) is -0.719. The molecule has 0 rings (SSSR count). The minimum Gasteiger partial charge on any atom is -0.462 e. The van der Waals surface area contributed by atoms with Crippen LogP contribution in [-0.4, -0.2) is 46.9 Å². The average Bonchev–Trinajstić information content (AvgIpc) is 3.34. The second-order valence-electron chi connectivity index (χ2n) is 20.1. The molecule has 0 aromatic heterocycles. The van der Waals surface area contributed by atoms with Gasteiger partial charge in [0, 0.05) is 6.42 Å². The molecule has 0 saturated heterocycles. The first-order valence-electron chi connectivity index (χ1n) is 29.7. The Bertz CT molecular complexity index is 1270. The molecule has 0 aromatic carbocycles. The molecule has 3 atom stereocenters. The standard InChI is InChI=1S/C63H113NO5/c1-4-7-10-13-16-19-22-25-28-30-31-32-35-38-41-44-47-50-53-56-63(68)69-59(54-51-48-45-42-39-36-34-29-26-23-20-17-14-11-8-5-2)57-62(67)64-60(58-65)61(66)55-52-49-46-43-40-37-33-27-24-21-18-15-12-9-6-3/h16-17,19-20,23,25-26,28-29,34,36,39,59-61,65-66H,4-15,18,21-22,24,27,30-33,35,37-38,40-58H2,1-3H3,(H,64,67)/b19-16-,20-17+,26-23+,28-25-,34-29+,39-36+. The summed E-state index contributed by atoms with van der Waals surface area (Å²) in [4.78, 5) is 26.3. The number of carbonyl (C=O) groups excluding carboxylic acids is 2. The molecule has 6 nitrogen and oxygen atoms in total. The van der Waals surface area contributed by atoms with Crippen molar-refractivity contribution in [2.24, 2.45) is 0 Å². The number of esters is 1. The maximum atomic E-state index is 13.3. The first-order chi connectivity index (χ1) is 34.0. The molecule has 0 aromatic rings. The van der Waals surface area contributed by atoms with Crippen LogP contribution in [0.25, 0.3) is 0 Å². The van der Waals surface area contributed by atoms with E-state index in [1.807, 2.05) is 0 Å². The number of amides is 1. The highest BCUT2D eigenvalue weighted by molar-refractivity contribution is 5.77. The molecule has 6 heteroatoms. The highest BCUT2D eigenvalue weighted by Gasteiger charge is 2.24. The lowest BCUT2D eigenvalue weighted by molar-refractivity contribution is -0.151. The van der Waals surface area contributed by atoms with Crippen molar-refractivity contribution in [2.45, 2.75) is 309 Å². The van der Waals surface area contributed by atoms with Crippen molar-refractivity contribution in [1.29, 1.82) is 0 Å². The summed E-state index contributed by atoms with van der Waals surface area (Å²) in [7, 11) is 0. The van der Waals surface area contributed by atoms with Gasteiger partial charge in [0.15, 0.2) is 0 Å². The summed E-state index contributed by atoms with van der Waals surface area (Å²) in [6.45, 7) is 6.43. The third-order valence-corrected chi connectivity index (χ3v) is 13.4. The minimum absolute atomic E-state index is 0.0485. The zero-order chi connectivity index (χ0) is 50.2. The fraction of sp³-hybridized carbons (Fsp3) is 0.778. The fourth-order valence-electron chi connectivity index (χ4n) is 8.83. The maximum absolute atomic E-state index is 13.3. The number of nitrogens with one attached hydrogen (secondary N) is 1. The predicted molar refractivity (Wildman–Crippen MR) is 301 cm³/mol. The van der Waals surface area contributed by atoms with Gasteiger partial charge < -0.3 is 20.3 Å². The van der Waals surface area contributed by atoms with Crippen molar-refractivity contribution in [1.82, 2.24) is 5.32 Å². The van der Waals surface area contributed by atoms with Gasteiger partial charge in [-0.2, -0.15) is 0 Å². The lowest BCUT2D eigenvalue weighted by Crippen LogP contribution is -2.46. The highest BCUT2D eigenvalue weighted by Crippen LogP contribution is 2.18. The molecule has 0 fully saturated rings. The van der Waals surface area contributed by atoms with E-state index in [1.54, 1.807) is 0 Å². The largest absolute Gasteiger partial charge is 0.462 e. The Balaban J connectivity index is 4.62. The number of rotatable bonds is 53. The van der Waals surface area contributed by atoms with Gasteiger partial charge >= 0.3 is 5.97 Å². The van der Waals surface area contributed by atoms with E-state index >= 15 is 0 Å². The van der Waals surface area contributed by atoms with E-state index in [2.05, 4.69) is 99.0 Å². The molecule has 1 amide bonds. The van der Waals surface area contributed by atoms with Gasteiger partial charge in [0.2, 0.25) is 5.91 Å². The van der Waals surface area contributed by atoms with E-state index in [4.69, 9.17) is 4.74 Å². The van der Waals surface area contributed by atoms with Crippen LogP contribution in [0.5, 0.6) is 0 Å². The molecule has 0 aliphatic carbocycles. The number of hydrogen-bond donors (Lipinski definition) is 3. The lowest BCUT2D eigenvalue weighted by atomic mass is 10.0. The predicted octanol–water partition coefficient (Wildman–Crippen LogP) is 18.5. The number of aliphatic hydroxyl groups excluding tert-OH is 2. The van der Waals surface area contributed by atoms with Gasteiger partial charge in [0.05, 0.1) is 25.2 Å². The van der Waals surface area contributed by atoms with Crippen LogP contribution >= 0.6 is 0 Å². The van der Waals surface area contributed by atoms with Crippen LogP contribution in [0.15, 0.2) is 72.9 Å². The number of unbranched alkanes of at least 4 members (excludes halogenated alkanes) is 32.